The van der Waals surface area contributed by atoms with Gasteiger partial charge in [-0.2, -0.15) is 11.8 Å². The Labute approximate surface area is 191 Å². The summed E-state index contributed by atoms with van der Waals surface area (Å²) in [5.74, 6) is -2.32. The van der Waals surface area contributed by atoms with E-state index >= 15 is 0 Å². The number of carbonyl (C=O) groups excluding carboxylic acids is 3. The number of hydrogen-bond acceptors (Lipinski definition) is 8. The molecule has 32 heavy (non-hydrogen) atoms. The molecule has 0 aliphatic rings. The molecule has 0 aliphatic carbocycles. The number of H-pyrrole nitrogens is 1. The lowest BCUT2D eigenvalue weighted by Gasteiger charge is -2.20. The molecule has 1 heterocycles. The number of hydrogen-bond donors (Lipinski definition) is 7. The van der Waals surface area contributed by atoms with Crippen LogP contribution in [0.2, 0.25) is 0 Å². The maximum atomic E-state index is 12.7. The van der Waals surface area contributed by atoms with Gasteiger partial charge in [-0.1, -0.05) is 6.42 Å². The number of nitrogens with zero attached hydrogens (tertiary/aromatic N) is 1. The zero-order valence-electron chi connectivity index (χ0n) is 18.1. The van der Waals surface area contributed by atoms with Crippen LogP contribution in [0.5, 0.6) is 0 Å². The lowest BCUT2D eigenvalue weighted by atomic mass is 10.1. The molecule has 9 N–H and O–H groups in total. The molecule has 0 saturated carbocycles. The number of rotatable bonds is 16. The minimum absolute atomic E-state index is 0.111. The van der Waals surface area contributed by atoms with Crippen LogP contribution in [-0.4, -0.2) is 82.0 Å². The van der Waals surface area contributed by atoms with Crippen molar-refractivity contribution in [2.75, 3.05) is 25.1 Å². The van der Waals surface area contributed by atoms with Gasteiger partial charge in [-0.15, -0.1) is 0 Å². The Morgan fingerprint density at radius 2 is 1.91 bits per heavy atom. The van der Waals surface area contributed by atoms with E-state index in [1.165, 1.54) is 24.3 Å². The number of amides is 3. The van der Waals surface area contributed by atoms with Crippen LogP contribution in [0.25, 0.3) is 0 Å². The molecular weight excluding hydrogens is 438 g/mol. The fraction of sp³-hybridized carbons (Fsp3) is 0.632. The molecular formula is C19H33N7O5S. The summed E-state index contributed by atoms with van der Waals surface area (Å²) < 4.78 is 0. The molecule has 3 atom stereocenters. The van der Waals surface area contributed by atoms with Gasteiger partial charge in [0.25, 0.3) is 0 Å². The van der Waals surface area contributed by atoms with Gasteiger partial charge in [0.2, 0.25) is 17.7 Å². The highest BCUT2D eigenvalue weighted by Crippen LogP contribution is 2.03. The Morgan fingerprint density at radius 3 is 2.50 bits per heavy atom. The average Bonchev–Trinajstić information content (AvgIpc) is 3.27. The van der Waals surface area contributed by atoms with Gasteiger partial charge in [0.1, 0.15) is 12.1 Å². The minimum Gasteiger partial charge on any atom is -0.480 e. The fourth-order valence-electron chi connectivity index (χ4n) is 2.77. The van der Waals surface area contributed by atoms with Crippen molar-refractivity contribution in [2.45, 2.75) is 50.2 Å². The quantitative estimate of drug-likeness (QED) is 0.137. The first-order valence-electron chi connectivity index (χ1n) is 10.3. The van der Waals surface area contributed by atoms with Gasteiger partial charge >= 0.3 is 5.97 Å². The molecule has 3 unspecified atom stereocenters. The number of aromatic nitrogens is 2. The van der Waals surface area contributed by atoms with Crippen molar-refractivity contribution in [1.82, 2.24) is 25.9 Å². The normalized spacial score (nSPS) is 13.6. The molecule has 0 aliphatic heterocycles. The van der Waals surface area contributed by atoms with E-state index < -0.39 is 48.4 Å². The number of carboxylic acid groups (broad SMARTS) is 1. The third kappa shape index (κ3) is 10.6. The number of thioether (sulfide) groups is 1. The topological polar surface area (TPSA) is 205 Å². The number of imidazole rings is 1. The summed E-state index contributed by atoms with van der Waals surface area (Å²) in [5, 5.41) is 16.6. The smallest absolute Gasteiger partial charge is 0.326 e. The largest absolute Gasteiger partial charge is 0.480 e. The molecule has 0 bridgehead atoms. The molecule has 12 nitrogen and oxygen atoms in total. The average molecular weight is 472 g/mol. The predicted molar refractivity (Wildman–Crippen MR) is 121 cm³/mol. The Bertz CT molecular complexity index is 732. The second-order valence-electron chi connectivity index (χ2n) is 7.19. The standard InChI is InChI=1S/C19H33N7O5S/c1-32-7-5-14(19(30)31)25-16(27)10-23-18(29)15(8-12-9-22-11-24-12)26-17(28)13(21)4-2-3-6-20/h9,11,13-15H,2-8,10,20-21H2,1H3,(H,22,24)(H,23,29)(H,25,27)(H,26,28)(H,30,31). The van der Waals surface area contributed by atoms with Crippen molar-refractivity contribution in [3.05, 3.63) is 18.2 Å². The van der Waals surface area contributed by atoms with E-state index in [4.69, 9.17) is 11.5 Å². The van der Waals surface area contributed by atoms with E-state index in [-0.39, 0.29) is 12.8 Å². The van der Waals surface area contributed by atoms with Gasteiger partial charge in [-0.25, -0.2) is 9.78 Å². The van der Waals surface area contributed by atoms with E-state index in [0.717, 1.165) is 6.42 Å². The summed E-state index contributed by atoms with van der Waals surface area (Å²) in [6.45, 7) is 0.0705. The zero-order valence-corrected chi connectivity index (χ0v) is 19.0. The molecule has 1 aromatic heterocycles. The van der Waals surface area contributed by atoms with Crippen LogP contribution in [0.1, 0.15) is 31.4 Å². The number of nitrogens with one attached hydrogen (secondary N) is 4. The molecule has 1 rings (SSSR count). The summed E-state index contributed by atoms with van der Waals surface area (Å²) in [5.41, 5.74) is 12.0. The summed E-state index contributed by atoms with van der Waals surface area (Å²) in [6.07, 6.45) is 7.02. The Kier molecular flexibility index (Phi) is 13.0. The lowest BCUT2D eigenvalue weighted by molar-refractivity contribution is -0.141. The summed E-state index contributed by atoms with van der Waals surface area (Å²) in [7, 11) is 0. The molecule has 3 amide bonds. The number of nitrogens with two attached hydrogens (primary N) is 2. The second kappa shape index (κ2) is 15.2. The molecule has 0 saturated heterocycles. The van der Waals surface area contributed by atoms with Crippen LogP contribution < -0.4 is 27.4 Å². The van der Waals surface area contributed by atoms with E-state index in [9.17, 15) is 24.3 Å². The number of carboxylic acids is 1. The Balaban J connectivity index is 2.67. The van der Waals surface area contributed by atoms with Crippen LogP contribution in [0.3, 0.4) is 0 Å². The van der Waals surface area contributed by atoms with Crippen LogP contribution >= 0.6 is 11.8 Å². The van der Waals surface area contributed by atoms with Gasteiger partial charge in [0.05, 0.1) is 18.9 Å². The van der Waals surface area contributed by atoms with E-state index in [1.807, 2.05) is 6.26 Å². The number of aliphatic carboxylic acids is 1. The van der Waals surface area contributed by atoms with Crippen molar-refractivity contribution in [1.29, 1.82) is 0 Å². The molecule has 0 spiro atoms. The van der Waals surface area contributed by atoms with Gasteiger partial charge < -0.3 is 37.5 Å². The zero-order chi connectivity index (χ0) is 23.9. The SMILES string of the molecule is CSCCC(NC(=O)CNC(=O)C(Cc1cnc[nH]1)NC(=O)C(N)CCCCN)C(=O)O. The van der Waals surface area contributed by atoms with E-state index in [2.05, 4.69) is 25.9 Å². The number of aromatic amines is 1. The first kappa shape index (κ1) is 27.4. The van der Waals surface area contributed by atoms with Gasteiger partial charge in [-0.3, -0.25) is 14.4 Å². The number of carbonyl (C=O) groups is 4. The molecule has 0 aromatic carbocycles. The van der Waals surface area contributed by atoms with Crippen molar-refractivity contribution in [3.63, 3.8) is 0 Å². The second-order valence-corrected chi connectivity index (χ2v) is 8.18. The minimum atomic E-state index is -1.15. The highest BCUT2D eigenvalue weighted by molar-refractivity contribution is 7.98. The maximum absolute atomic E-state index is 12.7. The lowest BCUT2D eigenvalue weighted by Crippen LogP contribution is -2.54. The van der Waals surface area contributed by atoms with Crippen LogP contribution in [0.4, 0.5) is 0 Å². The third-order valence-corrected chi connectivity index (χ3v) is 5.23. The predicted octanol–water partition coefficient (Wildman–Crippen LogP) is -1.67. The summed E-state index contributed by atoms with van der Waals surface area (Å²) >= 11 is 1.46. The van der Waals surface area contributed by atoms with Crippen LogP contribution in [0, 0.1) is 0 Å². The fourth-order valence-corrected chi connectivity index (χ4v) is 3.24. The van der Waals surface area contributed by atoms with Gasteiger partial charge in [-0.05, 0) is 37.8 Å². The van der Waals surface area contributed by atoms with Gasteiger partial charge in [0.15, 0.2) is 0 Å². The molecule has 1 aromatic rings. The van der Waals surface area contributed by atoms with Gasteiger partial charge in [0, 0.05) is 18.3 Å². The van der Waals surface area contributed by atoms with Crippen molar-refractivity contribution in [2.24, 2.45) is 11.5 Å². The van der Waals surface area contributed by atoms with E-state index in [1.54, 1.807) is 0 Å². The van der Waals surface area contributed by atoms with Crippen LogP contribution in [0.15, 0.2) is 12.5 Å². The highest BCUT2D eigenvalue weighted by Gasteiger charge is 2.25. The Hall–Kier alpha value is -2.64. The van der Waals surface area contributed by atoms with Crippen molar-refractivity contribution in [3.8, 4) is 0 Å². The summed E-state index contributed by atoms with van der Waals surface area (Å²) in [4.78, 5) is 55.2. The third-order valence-electron chi connectivity index (χ3n) is 4.59. The molecule has 13 heteroatoms. The van der Waals surface area contributed by atoms with Crippen molar-refractivity contribution >= 4 is 35.5 Å². The van der Waals surface area contributed by atoms with Crippen molar-refractivity contribution < 1.29 is 24.3 Å². The summed E-state index contributed by atoms with van der Waals surface area (Å²) in [6, 6.07) is -2.84. The molecule has 0 fully saturated rings. The monoisotopic (exact) mass is 471 g/mol. The van der Waals surface area contributed by atoms with Crippen LogP contribution in [-0.2, 0) is 25.6 Å². The van der Waals surface area contributed by atoms with E-state index in [0.29, 0.717) is 30.8 Å². The number of unbranched alkanes of at least 4 members (excludes halogenated alkanes) is 1. The first-order valence-corrected chi connectivity index (χ1v) is 11.7. The maximum Gasteiger partial charge on any atom is 0.326 e. The first-order chi connectivity index (χ1) is 15.3. The highest BCUT2D eigenvalue weighted by atomic mass is 32.2. The Morgan fingerprint density at radius 1 is 1.16 bits per heavy atom. The molecule has 180 valence electrons. The molecule has 0 radical (unpaired) electrons.